The molecule has 0 amide bonds. The second-order valence-electron chi connectivity index (χ2n) is 10.9. The zero-order valence-corrected chi connectivity index (χ0v) is 24.4. The van der Waals surface area contributed by atoms with Gasteiger partial charge in [0.25, 0.3) is 0 Å². The summed E-state index contributed by atoms with van der Waals surface area (Å²) in [7, 11) is 0. The summed E-state index contributed by atoms with van der Waals surface area (Å²) in [6.07, 6.45) is 7.99. The van der Waals surface area contributed by atoms with Crippen LogP contribution in [0.2, 0.25) is 5.02 Å². The Morgan fingerprint density at radius 2 is 1.75 bits per heavy atom. The van der Waals surface area contributed by atoms with Crippen molar-refractivity contribution >= 4 is 46.2 Å². The van der Waals surface area contributed by atoms with E-state index >= 15 is 0 Å². The average Bonchev–Trinajstić information content (AvgIpc) is 2.96. The maximum atomic E-state index is 12.1. The average molecular weight is 563 g/mol. The lowest BCUT2D eigenvalue weighted by molar-refractivity contribution is 0.101. The highest BCUT2D eigenvalue weighted by Crippen LogP contribution is 2.35. The highest BCUT2D eigenvalue weighted by Gasteiger charge is 2.26. The topological polar surface area (TPSA) is 82.6 Å². The number of piperidine rings is 2. The number of halogens is 1. The molecule has 9 heteroatoms. The molecule has 2 N–H and O–H groups in total. The van der Waals surface area contributed by atoms with Crippen LogP contribution in [0.15, 0.2) is 48.7 Å². The van der Waals surface area contributed by atoms with Crippen molar-refractivity contribution in [2.45, 2.75) is 65.0 Å². The van der Waals surface area contributed by atoms with Crippen LogP contribution >= 0.6 is 11.6 Å². The van der Waals surface area contributed by atoms with Crippen molar-refractivity contribution in [1.82, 2.24) is 14.9 Å². The van der Waals surface area contributed by atoms with E-state index in [2.05, 4.69) is 42.5 Å². The SMILES string of the molecule is CC(=O)c1ccccc1Nc1nc(Nc2ccc(N3CCC(N4CCCCC4)CC3)cc2OC(C)C)ncc1Cl. The molecule has 2 aliphatic rings. The predicted molar refractivity (Wildman–Crippen MR) is 163 cm³/mol. The van der Waals surface area contributed by atoms with E-state index in [-0.39, 0.29) is 11.9 Å². The summed E-state index contributed by atoms with van der Waals surface area (Å²) in [5.41, 5.74) is 3.14. The van der Waals surface area contributed by atoms with E-state index in [0.717, 1.165) is 24.5 Å². The minimum absolute atomic E-state index is 0.00656. The van der Waals surface area contributed by atoms with Gasteiger partial charge in [-0.2, -0.15) is 4.98 Å². The number of nitrogens with one attached hydrogen (secondary N) is 2. The molecular weight excluding hydrogens is 524 g/mol. The van der Waals surface area contributed by atoms with Gasteiger partial charge in [0.1, 0.15) is 10.8 Å². The van der Waals surface area contributed by atoms with Gasteiger partial charge in [0, 0.05) is 36.4 Å². The molecule has 0 saturated carbocycles. The Bertz CT molecular complexity index is 1320. The van der Waals surface area contributed by atoms with Crippen LogP contribution in [-0.4, -0.2) is 59.0 Å². The lowest BCUT2D eigenvalue weighted by Crippen LogP contribution is -2.46. The molecule has 3 heterocycles. The highest BCUT2D eigenvalue weighted by molar-refractivity contribution is 6.33. The normalized spacial score (nSPS) is 16.7. The molecule has 0 aliphatic carbocycles. The van der Waals surface area contributed by atoms with Crippen LogP contribution in [0.5, 0.6) is 5.75 Å². The summed E-state index contributed by atoms with van der Waals surface area (Å²) >= 11 is 6.41. The van der Waals surface area contributed by atoms with Crippen LogP contribution in [0.4, 0.5) is 28.8 Å². The molecular formula is C31H39ClN6O2. The van der Waals surface area contributed by atoms with E-state index in [1.54, 1.807) is 12.3 Å². The smallest absolute Gasteiger partial charge is 0.229 e. The highest BCUT2D eigenvalue weighted by atomic mass is 35.5. The summed E-state index contributed by atoms with van der Waals surface area (Å²) in [5, 5.41) is 6.85. The number of ketones is 1. The van der Waals surface area contributed by atoms with Gasteiger partial charge in [-0.1, -0.05) is 30.2 Å². The van der Waals surface area contributed by atoms with Crippen LogP contribution in [0.25, 0.3) is 0 Å². The molecule has 0 radical (unpaired) electrons. The Kier molecular flexibility index (Phi) is 9.07. The van der Waals surface area contributed by atoms with Gasteiger partial charge in [0.2, 0.25) is 5.95 Å². The molecule has 2 fully saturated rings. The molecule has 40 heavy (non-hydrogen) atoms. The van der Waals surface area contributed by atoms with Crippen molar-refractivity contribution in [1.29, 1.82) is 0 Å². The number of carbonyl (C=O) groups is 1. The van der Waals surface area contributed by atoms with E-state index in [1.165, 1.54) is 57.8 Å². The number of anilines is 5. The molecule has 1 aromatic heterocycles. The number of aromatic nitrogens is 2. The Hall–Kier alpha value is -3.36. The van der Waals surface area contributed by atoms with Crippen LogP contribution in [0, 0.1) is 0 Å². The zero-order valence-electron chi connectivity index (χ0n) is 23.6. The lowest BCUT2D eigenvalue weighted by Gasteiger charge is -2.41. The van der Waals surface area contributed by atoms with Gasteiger partial charge in [-0.05, 0) is 83.8 Å². The Balaban J connectivity index is 1.32. The number of hydrogen-bond donors (Lipinski definition) is 2. The molecule has 0 bridgehead atoms. The number of benzene rings is 2. The van der Waals surface area contributed by atoms with Crippen molar-refractivity contribution in [3.8, 4) is 5.75 Å². The fourth-order valence-corrected chi connectivity index (χ4v) is 5.74. The molecule has 3 aromatic rings. The van der Waals surface area contributed by atoms with Gasteiger partial charge < -0.3 is 25.2 Å². The van der Waals surface area contributed by atoms with Crippen molar-refractivity contribution in [3.63, 3.8) is 0 Å². The summed E-state index contributed by atoms with van der Waals surface area (Å²) in [6.45, 7) is 10.2. The molecule has 2 saturated heterocycles. The summed E-state index contributed by atoms with van der Waals surface area (Å²) in [4.78, 5) is 26.2. The third-order valence-corrected chi connectivity index (χ3v) is 7.89. The van der Waals surface area contributed by atoms with Gasteiger partial charge in [0.05, 0.1) is 23.7 Å². The van der Waals surface area contributed by atoms with E-state index < -0.39 is 0 Å². The lowest BCUT2D eigenvalue weighted by atomic mass is 9.99. The van der Waals surface area contributed by atoms with Gasteiger partial charge in [0.15, 0.2) is 11.6 Å². The summed E-state index contributed by atoms with van der Waals surface area (Å²) < 4.78 is 6.22. The van der Waals surface area contributed by atoms with E-state index in [4.69, 9.17) is 16.3 Å². The fourth-order valence-electron chi connectivity index (χ4n) is 5.60. The number of carbonyl (C=O) groups excluding carboxylic acids is 1. The second kappa shape index (κ2) is 12.9. The number of nitrogens with zero attached hydrogens (tertiary/aromatic N) is 4. The molecule has 0 unspecified atom stereocenters. The molecule has 2 aromatic carbocycles. The van der Waals surface area contributed by atoms with Crippen LogP contribution in [0.1, 0.15) is 63.2 Å². The van der Waals surface area contributed by atoms with Crippen LogP contribution in [-0.2, 0) is 0 Å². The Morgan fingerprint density at radius 1 is 1.00 bits per heavy atom. The Labute approximate surface area is 242 Å². The van der Waals surface area contributed by atoms with E-state index in [0.29, 0.717) is 34.1 Å². The summed E-state index contributed by atoms with van der Waals surface area (Å²) in [5.74, 6) is 1.49. The standard InChI is InChI=1S/C31H39ClN6O2/c1-21(2)40-29-19-24(38-17-13-23(14-18-38)37-15-7-4-8-16-37)11-12-28(29)35-31-33-20-26(32)30(36-31)34-27-10-6-5-9-25(27)22(3)39/h5-6,9-12,19-21,23H,4,7-8,13-18H2,1-3H3,(H2,33,34,35,36). The third kappa shape index (κ3) is 6.85. The van der Waals surface area contributed by atoms with Crippen LogP contribution < -0.4 is 20.3 Å². The van der Waals surface area contributed by atoms with Gasteiger partial charge in [-0.15, -0.1) is 0 Å². The van der Waals surface area contributed by atoms with Crippen molar-refractivity contribution in [2.24, 2.45) is 0 Å². The first-order chi connectivity index (χ1) is 19.4. The van der Waals surface area contributed by atoms with E-state index in [9.17, 15) is 4.79 Å². The molecule has 8 nitrogen and oxygen atoms in total. The van der Waals surface area contributed by atoms with Gasteiger partial charge in [-0.3, -0.25) is 4.79 Å². The maximum Gasteiger partial charge on any atom is 0.229 e. The van der Waals surface area contributed by atoms with Gasteiger partial charge >= 0.3 is 0 Å². The number of hydrogen-bond acceptors (Lipinski definition) is 8. The predicted octanol–water partition coefficient (Wildman–Crippen LogP) is 7.06. The number of ether oxygens (including phenoxy) is 1. The van der Waals surface area contributed by atoms with E-state index in [1.807, 2.05) is 38.1 Å². The molecule has 0 atom stereocenters. The quantitative estimate of drug-likeness (QED) is 0.268. The van der Waals surface area contributed by atoms with Crippen molar-refractivity contribution < 1.29 is 9.53 Å². The first-order valence-corrected chi connectivity index (χ1v) is 14.7. The monoisotopic (exact) mass is 562 g/mol. The zero-order chi connectivity index (χ0) is 28.1. The number of likely N-dealkylation sites (tertiary alicyclic amines) is 1. The minimum Gasteiger partial charge on any atom is -0.489 e. The summed E-state index contributed by atoms with van der Waals surface area (Å²) in [6, 6.07) is 14.3. The number of para-hydroxylation sites is 1. The number of Topliss-reactive ketones (excluding diaryl/α,β-unsaturated/α-hetero) is 1. The number of rotatable bonds is 9. The Morgan fingerprint density at radius 3 is 2.48 bits per heavy atom. The first kappa shape index (κ1) is 28.2. The molecule has 0 spiro atoms. The van der Waals surface area contributed by atoms with Crippen LogP contribution in [0.3, 0.4) is 0 Å². The van der Waals surface area contributed by atoms with Crippen molar-refractivity contribution in [2.75, 3.05) is 41.7 Å². The molecule has 212 valence electrons. The molecule has 5 rings (SSSR count). The minimum atomic E-state index is -0.0436. The van der Waals surface area contributed by atoms with Crippen molar-refractivity contribution in [3.05, 3.63) is 59.2 Å². The first-order valence-electron chi connectivity index (χ1n) is 14.3. The second-order valence-corrected chi connectivity index (χ2v) is 11.3. The molecule has 2 aliphatic heterocycles. The third-order valence-electron chi connectivity index (χ3n) is 7.61. The largest absolute Gasteiger partial charge is 0.489 e. The maximum absolute atomic E-state index is 12.1. The van der Waals surface area contributed by atoms with Gasteiger partial charge in [-0.25, -0.2) is 4.98 Å². The fraction of sp³-hybridized carbons (Fsp3) is 0.452.